The molecule has 0 spiro atoms. The third-order valence-corrected chi connectivity index (χ3v) is 5.59. The molecule has 1 aromatic heterocycles. The molecule has 0 aliphatic rings. The van der Waals surface area contributed by atoms with Crippen molar-refractivity contribution in [3.8, 4) is 17.9 Å². The number of benzene rings is 1. The molecule has 10 heteroatoms. The van der Waals surface area contributed by atoms with Gasteiger partial charge in [0.05, 0.1) is 29.9 Å². The van der Waals surface area contributed by atoms with Crippen molar-refractivity contribution < 1.29 is 9.59 Å². The monoisotopic (exact) mass is 558 g/mol. The Labute approximate surface area is 244 Å². The Morgan fingerprint density at radius 1 is 1.15 bits per heavy atom. The zero-order chi connectivity index (χ0) is 30.0. The SMILES string of the molecule is CCCNc1nc(Nc2ccc(C#N)cc2)ncc1C#CCCCNC(=O)CN(CC(C)C)C(=O)C=CCN(C)C. The van der Waals surface area contributed by atoms with Crippen molar-refractivity contribution >= 4 is 29.3 Å². The standard InChI is InChI=1S/C31H42N8O2/c1-6-17-34-30-26(21-35-31(37-30)36-27-15-13-25(20-32)14-16-27)11-8-7-9-18-33-28(40)23-39(22-24(2)3)29(41)12-10-19-38(4)5/h10,12-16,21,24H,6-7,9,17-19,22-23H2,1-5H3,(H,33,40)(H2,34,35,36,37). The summed E-state index contributed by atoms with van der Waals surface area (Å²) in [5.41, 5.74) is 2.06. The fraction of sp³-hybridized carbons (Fsp3) is 0.452. The van der Waals surface area contributed by atoms with Crippen LogP contribution < -0.4 is 16.0 Å². The summed E-state index contributed by atoms with van der Waals surface area (Å²) >= 11 is 0. The van der Waals surface area contributed by atoms with E-state index in [-0.39, 0.29) is 24.3 Å². The Hall–Kier alpha value is -4.41. The van der Waals surface area contributed by atoms with Crippen LogP contribution in [-0.2, 0) is 9.59 Å². The largest absolute Gasteiger partial charge is 0.369 e. The van der Waals surface area contributed by atoms with E-state index in [0.29, 0.717) is 55.4 Å². The topological polar surface area (TPSA) is 126 Å². The number of likely N-dealkylation sites (N-methyl/N-ethyl adjacent to an activating group) is 1. The molecule has 41 heavy (non-hydrogen) atoms. The van der Waals surface area contributed by atoms with Gasteiger partial charge in [-0.05, 0) is 57.1 Å². The number of nitrogens with one attached hydrogen (secondary N) is 3. The van der Waals surface area contributed by atoms with Crippen LogP contribution in [0.25, 0.3) is 0 Å². The van der Waals surface area contributed by atoms with E-state index in [9.17, 15) is 9.59 Å². The van der Waals surface area contributed by atoms with Crippen LogP contribution in [0, 0.1) is 29.1 Å². The van der Waals surface area contributed by atoms with Crippen LogP contribution in [-0.4, -0.2) is 78.4 Å². The summed E-state index contributed by atoms with van der Waals surface area (Å²) in [5.74, 6) is 7.27. The van der Waals surface area contributed by atoms with Gasteiger partial charge in [-0.15, -0.1) is 0 Å². The first-order valence-electron chi connectivity index (χ1n) is 14.0. The molecule has 0 saturated carbocycles. The fourth-order valence-electron chi connectivity index (χ4n) is 3.60. The van der Waals surface area contributed by atoms with Gasteiger partial charge in [-0.2, -0.15) is 10.2 Å². The Kier molecular flexibility index (Phi) is 14.4. The summed E-state index contributed by atoms with van der Waals surface area (Å²) in [7, 11) is 3.87. The molecule has 0 unspecified atom stereocenters. The van der Waals surface area contributed by atoms with Crippen LogP contribution in [0.15, 0.2) is 42.6 Å². The third kappa shape index (κ3) is 13.0. The lowest BCUT2D eigenvalue weighted by Gasteiger charge is -2.22. The summed E-state index contributed by atoms with van der Waals surface area (Å²) in [4.78, 5) is 37.6. The van der Waals surface area contributed by atoms with Crippen LogP contribution in [0.5, 0.6) is 0 Å². The third-order valence-electron chi connectivity index (χ3n) is 5.59. The molecule has 2 rings (SSSR count). The van der Waals surface area contributed by atoms with Crippen LogP contribution in [0.2, 0.25) is 0 Å². The van der Waals surface area contributed by atoms with Gasteiger partial charge in [0.25, 0.3) is 0 Å². The molecular weight excluding hydrogens is 516 g/mol. The van der Waals surface area contributed by atoms with Crippen molar-refractivity contribution in [3.63, 3.8) is 0 Å². The molecule has 2 aromatic rings. The summed E-state index contributed by atoms with van der Waals surface area (Å²) < 4.78 is 0. The smallest absolute Gasteiger partial charge is 0.246 e. The predicted octanol–water partition coefficient (Wildman–Crippen LogP) is 3.76. The van der Waals surface area contributed by atoms with Gasteiger partial charge in [0.2, 0.25) is 17.8 Å². The Morgan fingerprint density at radius 2 is 1.90 bits per heavy atom. The Bertz CT molecular complexity index is 1250. The molecule has 0 aliphatic carbocycles. The summed E-state index contributed by atoms with van der Waals surface area (Å²) in [5, 5.41) is 18.3. The highest BCUT2D eigenvalue weighted by Gasteiger charge is 2.16. The first-order valence-corrected chi connectivity index (χ1v) is 14.0. The molecule has 0 aliphatic heterocycles. The minimum absolute atomic E-state index is 0.0294. The molecule has 10 nitrogen and oxygen atoms in total. The number of nitrogens with zero attached hydrogens (tertiary/aromatic N) is 5. The number of hydrogen-bond donors (Lipinski definition) is 3. The van der Waals surface area contributed by atoms with Gasteiger partial charge in [-0.25, -0.2) is 4.98 Å². The fourth-order valence-corrected chi connectivity index (χ4v) is 3.60. The second-order valence-electron chi connectivity index (χ2n) is 10.2. The van der Waals surface area contributed by atoms with Gasteiger partial charge in [-0.3, -0.25) is 9.59 Å². The second kappa shape index (κ2) is 18.0. The lowest BCUT2D eigenvalue weighted by Crippen LogP contribution is -2.42. The minimum atomic E-state index is -0.183. The average molecular weight is 559 g/mol. The molecule has 0 bridgehead atoms. The molecule has 2 amide bonds. The number of carbonyl (C=O) groups is 2. The molecule has 0 fully saturated rings. The van der Waals surface area contributed by atoms with E-state index in [1.807, 2.05) is 32.8 Å². The Morgan fingerprint density at radius 3 is 2.56 bits per heavy atom. The zero-order valence-electron chi connectivity index (χ0n) is 24.8. The van der Waals surface area contributed by atoms with Gasteiger partial charge in [0, 0.05) is 44.4 Å². The first kappa shape index (κ1) is 32.8. The van der Waals surface area contributed by atoms with Crippen molar-refractivity contribution in [2.45, 2.75) is 40.0 Å². The van der Waals surface area contributed by atoms with Crippen LogP contribution in [0.1, 0.15) is 51.2 Å². The van der Waals surface area contributed by atoms with Gasteiger partial charge in [0.1, 0.15) is 5.82 Å². The lowest BCUT2D eigenvalue weighted by atomic mass is 10.2. The van der Waals surface area contributed by atoms with Gasteiger partial charge in [-0.1, -0.05) is 38.7 Å². The van der Waals surface area contributed by atoms with Crippen molar-refractivity contribution in [1.29, 1.82) is 5.26 Å². The van der Waals surface area contributed by atoms with E-state index in [0.717, 1.165) is 18.7 Å². The first-order chi connectivity index (χ1) is 19.7. The van der Waals surface area contributed by atoms with Crippen molar-refractivity contribution in [1.82, 2.24) is 25.1 Å². The maximum Gasteiger partial charge on any atom is 0.246 e. The molecule has 0 saturated heterocycles. The highest BCUT2D eigenvalue weighted by Crippen LogP contribution is 2.18. The molecule has 218 valence electrons. The summed E-state index contributed by atoms with van der Waals surface area (Å²) in [6.07, 6.45) is 7.21. The van der Waals surface area contributed by atoms with E-state index in [1.54, 1.807) is 41.4 Å². The summed E-state index contributed by atoms with van der Waals surface area (Å²) in [6, 6.07) is 9.16. The normalized spacial score (nSPS) is 10.7. The van der Waals surface area contributed by atoms with Crippen molar-refractivity contribution in [2.75, 3.05) is 57.5 Å². The van der Waals surface area contributed by atoms with Crippen molar-refractivity contribution in [2.24, 2.45) is 5.92 Å². The molecule has 1 heterocycles. The number of unbranched alkanes of at least 4 members (excludes halogenated alkanes) is 1. The number of carbonyl (C=O) groups excluding carboxylic acids is 2. The maximum absolute atomic E-state index is 12.6. The van der Waals surface area contributed by atoms with Crippen molar-refractivity contribution in [3.05, 3.63) is 53.7 Å². The predicted molar refractivity (Wildman–Crippen MR) is 163 cm³/mol. The van der Waals surface area contributed by atoms with E-state index in [2.05, 4.69) is 50.8 Å². The number of rotatable bonds is 15. The Balaban J connectivity index is 1.89. The number of anilines is 3. The van der Waals surface area contributed by atoms with Crippen LogP contribution >= 0.6 is 0 Å². The number of amides is 2. The lowest BCUT2D eigenvalue weighted by molar-refractivity contribution is -0.132. The molecular formula is C31H42N8O2. The zero-order valence-corrected chi connectivity index (χ0v) is 24.8. The quantitative estimate of drug-likeness (QED) is 0.171. The highest BCUT2D eigenvalue weighted by molar-refractivity contribution is 5.91. The van der Waals surface area contributed by atoms with E-state index < -0.39 is 0 Å². The maximum atomic E-state index is 12.6. The van der Waals surface area contributed by atoms with Gasteiger partial charge in [0.15, 0.2) is 0 Å². The molecule has 0 radical (unpaired) electrons. The average Bonchev–Trinajstić information content (AvgIpc) is 2.94. The minimum Gasteiger partial charge on any atom is -0.369 e. The second-order valence-corrected chi connectivity index (χ2v) is 10.2. The van der Waals surface area contributed by atoms with Gasteiger partial charge >= 0.3 is 0 Å². The van der Waals surface area contributed by atoms with E-state index in [4.69, 9.17) is 5.26 Å². The number of hydrogen-bond acceptors (Lipinski definition) is 8. The summed E-state index contributed by atoms with van der Waals surface area (Å²) in [6.45, 7) is 8.54. The van der Waals surface area contributed by atoms with Crippen LogP contribution in [0.4, 0.5) is 17.5 Å². The van der Waals surface area contributed by atoms with E-state index >= 15 is 0 Å². The van der Waals surface area contributed by atoms with Gasteiger partial charge < -0.3 is 25.8 Å². The van der Waals surface area contributed by atoms with E-state index in [1.165, 1.54) is 6.08 Å². The number of aromatic nitrogens is 2. The number of nitriles is 1. The molecule has 0 atom stereocenters. The molecule has 1 aromatic carbocycles. The van der Waals surface area contributed by atoms with Crippen LogP contribution in [0.3, 0.4) is 0 Å². The highest BCUT2D eigenvalue weighted by atomic mass is 16.2. The molecule has 3 N–H and O–H groups in total.